The Morgan fingerprint density at radius 1 is 1.17 bits per heavy atom. The number of quaternary nitrogens is 1. The molecular formula is C20H25FN3O4S+. The maximum Gasteiger partial charge on any atom is 0.275 e. The molecule has 9 heteroatoms. The minimum Gasteiger partial charge on any atom is -0.496 e. The fraction of sp³-hybridized carbons (Fsp3) is 0.350. The fourth-order valence-electron chi connectivity index (χ4n) is 3.33. The second-order valence-electron chi connectivity index (χ2n) is 6.88. The zero-order chi connectivity index (χ0) is 20.9. The number of rotatable bonds is 7. The molecule has 2 aromatic carbocycles. The Labute approximate surface area is 170 Å². The van der Waals surface area contributed by atoms with Gasteiger partial charge in [-0.25, -0.2) is 12.8 Å². The van der Waals surface area contributed by atoms with E-state index in [1.54, 1.807) is 7.11 Å². The quantitative estimate of drug-likeness (QED) is 0.660. The summed E-state index contributed by atoms with van der Waals surface area (Å²) in [5, 5.41) is 2.88. The number of para-hydroxylation sites is 1. The van der Waals surface area contributed by atoms with Crippen molar-refractivity contribution in [3.05, 3.63) is 59.9 Å². The van der Waals surface area contributed by atoms with Gasteiger partial charge in [-0.1, -0.05) is 24.3 Å². The van der Waals surface area contributed by atoms with E-state index in [2.05, 4.69) is 5.32 Å². The van der Waals surface area contributed by atoms with Crippen LogP contribution >= 0.6 is 0 Å². The third-order valence-electron chi connectivity index (χ3n) is 4.94. The third-order valence-corrected chi connectivity index (χ3v) is 6.84. The first-order chi connectivity index (χ1) is 13.9. The Kier molecular flexibility index (Phi) is 6.83. The van der Waals surface area contributed by atoms with Gasteiger partial charge in [0.25, 0.3) is 5.91 Å². The number of hydrogen-bond donors (Lipinski definition) is 2. The number of piperazine rings is 1. The van der Waals surface area contributed by atoms with E-state index >= 15 is 0 Å². The first-order valence-electron chi connectivity index (χ1n) is 9.38. The second kappa shape index (κ2) is 9.34. The van der Waals surface area contributed by atoms with Gasteiger partial charge >= 0.3 is 0 Å². The van der Waals surface area contributed by atoms with Crippen LogP contribution in [-0.2, 0) is 21.4 Å². The predicted octanol–water partition coefficient (Wildman–Crippen LogP) is 0.0399. The van der Waals surface area contributed by atoms with Crippen molar-refractivity contribution in [3.63, 3.8) is 0 Å². The highest BCUT2D eigenvalue weighted by Crippen LogP contribution is 2.17. The molecule has 1 fully saturated rings. The number of halogens is 1. The van der Waals surface area contributed by atoms with E-state index in [-0.39, 0.29) is 30.4 Å². The molecule has 0 atom stereocenters. The lowest BCUT2D eigenvalue weighted by Crippen LogP contribution is -3.15. The number of sulfonamides is 1. The first-order valence-corrected chi connectivity index (χ1v) is 10.8. The molecule has 0 aromatic heterocycles. The van der Waals surface area contributed by atoms with Crippen molar-refractivity contribution in [1.29, 1.82) is 0 Å². The smallest absolute Gasteiger partial charge is 0.275 e. The van der Waals surface area contributed by atoms with Gasteiger partial charge in [0.1, 0.15) is 11.6 Å². The molecular weight excluding hydrogens is 397 g/mol. The molecule has 0 bridgehead atoms. The summed E-state index contributed by atoms with van der Waals surface area (Å²) in [6.07, 6.45) is 0. The van der Waals surface area contributed by atoms with Crippen LogP contribution in [0.4, 0.5) is 4.39 Å². The highest BCUT2D eigenvalue weighted by Gasteiger charge is 2.31. The van der Waals surface area contributed by atoms with Crippen molar-refractivity contribution < 1.29 is 27.2 Å². The van der Waals surface area contributed by atoms with E-state index in [4.69, 9.17) is 4.74 Å². The van der Waals surface area contributed by atoms with Gasteiger partial charge in [-0.2, -0.15) is 4.31 Å². The SMILES string of the molecule is COc1ccccc1CNC(=O)C[NH+]1CCN(S(=O)(=O)c2cccc(F)c2)CC1. The molecule has 1 aliphatic heterocycles. The summed E-state index contributed by atoms with van der Waals surface area (Å²) in [6, 6.07) is 12.5. The molecule has 2 N–H and O–H groups in total. The lowest BCUT2D eigenvalue weighted by molar-refractivity contribution is -0.895. The Hall–Kier alpha value is -2.49. The van der Waals surface area contributed by atoms with Crippen molar-refractivity contribution in [3.8, 4) is 5.75 Å². The Morgan fingerprint density at radius 3 is 2.59 bits per heavy atom. The van der Waals surface area contributed by atoms with Crippen molar-refractivity contribution in [2.45, 2.75) is 11.4 Å². The number of benzene rings is 2. The van der Waals surface area contributed by atoms with Crippen LogP contribution in [-0.4, -0.2) is 58.5 Å². The fourth-order valence-corrected chi connectivity index (χ4v) is 4.80. The molecule has 0 unspecified atom stereocenters. The van der Waals surface area contributed by atoms with Crippen molar-refractivity contribution >= 4 is 15.9 Å². The lowest BCUT2D eigenvalue weighted by atomic mass is 10.2. The lowest BCUT2D eigenvalue weighted by Gasteiger charge is -2.31. The average molecular weight is 423 g/mol. The van der Waals surface area contributed by atoms with Crippen molar-refractivity contribution in [2.75, 3.05) is 39.8 Å². The number of nitrogens with one attached hydrogen (secondary N) is 2. The predicted molar refractivity (Wildman–Crippen MR) is 106 cm³/mol. The molecule has 156 valence electrons. The summed E-state index contributed by atoms with van der Waals surface area (Å²) in [6.45, 7) is 2.23. The van der Waals surface area contributed by atoms with Crippen LogP contribution in [0.15, 0.2) is 53.4 Å². The van der Waals surface area contributed by atoms with E-state index < -0.39 is 15.8 Å². The Balaban J connectivity index is 1.50. The minimum absolute atomic E-state index is 0.0458. The summed E-state index contributed by atoms with van der Waals surface area (Å²) < 4.78 is 45.3. The van der Waals surface area contributed by atoms with Crippen molar-refractivity contribution in [1.82, 2.24) is 9.62 Å². The molecule has 0 aliphatic carbocycles. The van der Waals surface area contributed by atoms with E-state index in [0.29, 0.717) is 19.6 Å². The number of hydrogen-bond acceptors (Lipinski definition) is 4. The highest BCUT2D eigenvalue weighted by atomic mass is 32.2. The maximum atomic E-state index is 13.4. The molecule has 29 heavy (non-hydrogen) atoms. The van der Waals surface area contributed by atoms with Crippen LogP contribution < -0.4 is 15.0 Å². The highest BCUT2D eigenvalue weighted by molar-refractivity contribution is 7.89. The van der Waals surface area contributed by atoms with Gasteiger partial charge in [0, 0.05) is 12.1 Å². The normalized spacial score (nSPS) is 15.8. The van der Waals surface area contributed by atoms with Gasteiger partial charge in [0.05, 0.1) is 38.2 Å². The largest absolute Gasteiger partial charge is 0.496 e. The minimum atomic E-state index is -3.72. The number of ether oxygens (including phenoxy) is 1. The number of carbonyl (C=O) groups excluding carboxylic acids is 1. The molecule has 7 nitrogen and oxygen atoms in total. The summed E-state index contributed by atoms with van der Waals surface area (Å²) in [7, 11) is -2.14. The van der Waals surface area contributed by atoms with Crippen LogP contribution in [0.25, 0.3) is 0 Å². The number of amides is 1. The Morgan fingerprint density at radius 2 is 1.90 bits per heavy atom. The van der Waals surface area contributed by atoms with Crippen LogP contribution in [0.5, 0.6) is 5.75 Å². The number of carbonyl (C=O) groups is 1. The number of nitrogens with zero attached hydrogens (tertiary/aromatic N) is 1. The van der Waals surface area contributed by atoms with Gasteiger partial charge in [-0.3, -0.25) is 4.79 Å². The van der Waals surface area contributed by atoms with Gasteiger partial charge < -0.3 is 15.0 Å². The summed E-state index contributed by atoms with van der Waals surface area (Å²) in [5.74, 6) is 0.0331. The van der Waals surface area contributed by atoms with Crippen LogP contribution in [0.1, 0.15) is 5.56 Å². The molecule has 1 heterocycles. The Bertz CT molecular complexity index is 960. The van der Waals surface area contributed by atoms with Crippen LogP contribution in [0, 0.1) is 5.82 Å². The molecule has 0 spiro atoms. The van der Waals surface area contributed by atoms with Gasteiger partial charge in [-0.15, -0.1) is 0 Å². The first kappa shape index (κ1) is 21.2. The summed E-state index contributed by atoms with van der Waals surface area (Å²) in [4.78, 5) is 13.2. The topological polar surface area (TPSA) is 80.2 Å². The maximum absolute atomic E-state index is 13.4. The molecule has 0 saturated carbocycles. The molecule has 1 saturated heterocycles. The molecule has 3 rings (SSSR count). The van der Waals surface area contributed by atoms with Crippen molar-refractivity contribution in [2.24, 2.45) is 0 Å². The molecule has 2 aromatic rings. The molecule has 1 aliphatic rings. The van der Waals surface area contributed by atoms with Gasteiger partial charge in [0.15, 0.2) is 6.54 Å². The zero-order valence-corrected chi connectivity index (χ0v) is 17.0. The van der Waals surface area contributed by atoms with Crippen LogP contribution in [0.3, 0.4) is 0 Å². The zero-order valence-electron chi connectivity index (χ0n) is 16.2. The van der Waals surface area contributed by atoms with Gasteiger partial charge in [-0.05, 0) is 24.3 Å². The van der Waals surface area contributed by atoms with Gasteiger partial charge in [0.2, 0.25) is 10.0 Å². The van der Waals surface area contributed by atoms with Crippen LogP contribution in [0.2, 0.25) is 0 Å². The number of methoxy groups -OCH3 is 1. The van der Waals surface area contributed by atoms with E-state index in [9.17, 15) is 17.6 Å². The van der Waals surface area contributed by atoms with E-state index in [0.717, 1.165) is 22.3 Å². The standard InChI is InChI=1S/C20H24FN3O4S/c1-28-19-8-3-2-5-16(19)14-22-20(25)15-23-9-11-24(12-10-23)29(26,27)18-7-4-6-17(21)13-18/h2-8,13H,9-12,14-15H2,1H3,(H,22,25)/p+1. The average Bonchev–Trinajstić information content (AvgIpc) is 2.73. The third kappa shape index (κ3) is 5.31. The van der Waals surface area contributed by atoms with E-state index in [1.807, 2.05) is 24.3 Å². The summed E-state index contributed by atoms with van der Waals surface area (Å²) >= 11 is 0. The van der Waals surface area contributed by atoms with E-state index in [1.165, 1.54) is 22.5 Å². The molecule has 0 radical (unpaired) electrons. The second-order valence-corrected chi connectivity index (χ2v) is 8.81. The molecule has 1 amide bonds. The summed E-state index contributed by atoms with van der Waals surface area (Å²) in [5.41, 5.74) is 0.893. The monoisotopic (exact) mass is 422 g/mol.